The zero-order chi connectivity index (χ0) is 14.4. The molecule has 1 aromatic heterocycles. The Balaban J connectivity index is 1.75. The summed E-state index contributed by atoms with van der Waals surface area (Å²) in [5.74, 6) is 0.680. The fourth-order valence-corrected chi connectivity index (χ4v) is 2.47. The smallest absolute Gasteiger partial charge is 0.123 e. The molecule has 1 N–H and O–H groups in total. The third-order valence-corrected chi connectivity index (χ3v) is 3.67. The molecule has 0 bridgehead atoms. The van der Waals surface area contributed by atoms with Crippen molar-refractivity contribution in [1.82, 2.24) is 20.3 Å². The molecule has 2 aromatic rings. The summed E-state index contributed by atoms with van der Waals surface area (Å²) in [6, 6.07) is 6.98. The maximum atomic E-state index is 12.8. The van der Waals surface area contributed by atoms with Crippen LogP contribution in [0.25, 0.3) is 0 Å². The van der Waals surface area contributed by atoms with E-state index in [0.29, 0.717) is 6.04 Å². The minimum Gasteiger partial charge on any atom is -0.309 e. The van der Waals surface area contributed by atoms with Gasteiger partial charge in [0.1, 0.15) is 5.82 Å². The monoisotopic (exact) mass is 294 g/mol. The fourth-order valence-electron chi connectivity index (χ4n) is 1.63. The molecule has 0 aliphatic heterocycles. The summed E-state index contributed by atoms with van der Waals surface area (Å²) >= 11 is 1.68. The van der Waals surface area contributed by atoms with Crippen LogP contribution in [0.15, 0.2) is 35.4 Å². The lowest BCUT2D eigenvalue weighted by Gasteiger charge is -2.04. The first-order valence-electron chi connectivity index (χ1n) is 6.64. The number of rotatable bonds is 7. The third-order valence-electron chi connectivity index (χ3n) is 2.68. The van der Waals surface area contributed by atoms with Crippen molar-refractivity contribution >= 4 is 11.8 Å². The summed E-state index contributed by atoms with van der Waals surface area (Å²) in [6.45, 7) is 5.73. The lowest BCUT2D eigenvalue weighted by molar-refractivity contribution is 0.580. The highest BCUT2D eigenvalue weighted by molar-refractivity contribution is 7.99. The number of nitrogens with zero attached hydrogens (tertiary/aromatic N) is 3. The molecule has 0 spiro atoms. The predicted molar refractivity (Wildman–Crippen MR) is 79.1 cm³/mol. The van der Waals surface area contributed by atoms with Gasteiger partial charge in [-0.25, -0.2) is 4.39 Å². The average Bonchev–Trinajstić information content (AvgIpc) is 2.87. The number of aryl methyl sites for hydroxylation is 1. The van der Waals surface area contributed by atoms with Crippen molar-refractivity contribution in [2.24, 2.45) is 0 Å². The highest BCUT2D eigenvalue weighted by Crippen LogP contribution is 2.18. The number of hydrogen-bond donors (Lipinski definition) is 1. The van der Waals surface area contributed by atoms with E-state index in [4.69, 9.17) is 0 Å². The Hall–Kier alpha value is -1.40. The Morgan fingerprint density at radius 3 is 2.75 bits per heavy atom. The molecular formula is C14H19FN4S. The van der Waals surface area contributed by atoms with Gasteiger partial charge in [-0.05, 0) is 24.3 Å². The van der Waals surface area contributed by atoms with Crippen LogP contribution in [0.2, 0.25) is 0 Å². The van der Waals surface area contributed by atoms with Crippen molar-refractivity contribution in [2.75, 3.05) is 5.75 Å². The second kappa shape index (κ2) is 7.40. The van der Waals surface area contributed by atoms with Crippen LogP contribution < -0.4 is 5.32 Å². The van der Waals surface area contributed by atoms with Crippen LogP contribution in [0.5, 0.6) is 0 Å². The molecular weight excluding hydrogens is 275 g/mol. The number of hydrogen-bond acceptors (Lipinski definition) is 4. The van der Waals surface area contributed by atoms with E-state index >= 15 is 0 Å². The van der Waals surface area contributed by atoms with Gasteiger partial charge in [-0.1, -0.05) is 19.1 Å². The van der Waals surface area contributed by atoms with E-state index in [1.165, 1.54) is 12.1 Å². The molecule has 0 amide bonds. The van der Waals surface area contributed by atoms with Crippen LogP contribution >= 0.6 is 11.8 Å². The number of nitrogens with one attached hydrogen (secondary N) is 1. The average molecular weight is 294 g/mol. The normalized spacial score (nSPS) is 11.2. The molecule has 0 saturated heterocycles. The largest absolute Gasteiger partial charge is 0.309 e. The summed E-state index contributed by atoms with van der Waals surface area (Å²) in [6.07, 6.45) is 1.96. The van der Waals surface area contributed by atoms with Gasteiger partial charge >= 0.3 is 0 Å². The van der Waals surface area contributed by atoms with Gasteiger partial charge in [0.05, 0.1) is 12.2 Å². The van der Waals surface area contributed by atoms with Gasteiger partial charge in [0.2, 0.25) is 0 Å². The number of aromatic nitrogens is 3. The zero-order valence-corrected chi connectivity index (χ0v) is 12.5. The van der Waals surface area contributed by atoms with E-state index in [-0.39, 0.29) is 5.82 Å². The van der Waals surface area contributed by atoms with Crippen molar-refractivity contribution in [3.05, 3.63) is 42.0 Å². The van der Waals surface area contributed by atoms with Gasteiger partial charge in [0.25, 0.3) is 0 Å². The molecule has 0 aliphatic carbocycles. The quantitative estimate of drug-likeness (QED) is 0.797. The van der Waals surface area contributed by atoms with E-state index in [2.05, 4.69) is 29.5 Å². The molecule has 2 rings (SSSR count). The molecule has 20 heavy (non-hydrogen) atoms. The van der Waals surface area contributed by atoms with E-state index in [9.17, 15) is 4.39 Å². The van der Waals surface area contributed by atoms with Crippen LogP contribution in [0.3, 0.4) is 0 Å². The number of thioether (sulfide) groups is 1. The lowest BCUT2D eigenvalue weighted by atomic mass is 10.3. The Morgan fingerprint density at radius 2 is 2.05 bits per heavy atom. The Morgan fingerprint density at radius 1 is 1.30 bits per heavy atom. The highest BCUT2D eigenvalue weighted by Gasteiger charge is 2.02. The van der Waals surface area contributed by atoms with Crippen LogP contribution in [0, 0.1) is 5.82 Å². The number of halogens is 1. The van der Waals surface area contributed by atoms with E-state index in [1.54, 1.807) is 23.9 Å². The van der Waals surface area contributed by atoms with Crippen molar-refractivity contribution in [2.45, 2.75) is 37.9 Å². The van der Waals surface area contributed by atoms with Crippen molar-refractivity contribution in [1.29, 1.82) is 0 Å². The van der Waals surface area contributed by atoms with Crippen molar-refractivity contribution in [3.8, 4) is 0 Å². The summed E-state index contributed by atoms with van der Waals surface area (Å²) in [5.41, 5.74) is 0.950. The van der Waals surface area contributed by atoms with Crippen molar-refractivity contribution < 1.29 is 4.39 Å². The van der Waals surface area contributed by atoms with Crippen molar-refractivity contribution in [3.63, 3.8) is 0 Å². The van der Waals surface area contributed by atoms with Gasteiger partial charge in [-0.2, -0.15) is 0 Å². The first kappa shape index (κ1) is 15.0. The lowest BCUT2D eigenvalue weighted by Crippen LogP contribution is -2.21. The molecule has 0 saturated carbocycles. The highest BCUT2D eigenvalue weighted by atomic mass is 32.2. The van der Waals surface area contributed by atoms with Crippen LogP contribution in [-0.2, 0) is 13.1 Å². The minimum atomic E-state index is -0.201. The Labute approximate surface area is 122 Å². The molecule has 1 aromatic carbocycles. The predicted octanol–water partition coefficient (Wildman–Crippen LogP) is 2.71. The Kier molecular flexibility index (Phi) is 5.55. The van der Waals surface area contributed by atoms with Crippen LogP contribution in [-0.4, -0.2) is 26.8 Å². The topological polar surface area (TPSA) is 42.7 Å². The van der Waals surface area contributed by atoms with Gasteiger partial charge in [-0.3, -0.25) is 4.68 Å². The zero-order valence-electron chi connectivity index (χ0n) is 11.7. The SMILES string of the molecule is CC(C)NCc1cn(CCSc2ccc(F)cc2)nn1. The minimum absolute atomic E-state index is 0.201. The molecule has 6 heteroatoms. The van der Waals surface area contributed by atoms with E-state index in [0.717, 1.165) is 29.4 Å². The first-order chi connectivity index (χ1) is 9.63. The second-order valence-electron chi connectivity index (χ2n) is 4.81. The number of benzene rings is 1. The van der Waals surface area contributed by atoms with Gasteiger partial charge in [0.15, 0.2) is 0 Å². The molecule has 0 fully saturated rings. The van der Waals surface area contributed by atoms with Crippen LogP contribution in [0.1, 0.15) is 19.5 Å². The summed E-state index contributed by atoms with van der Waals surface area (Å²) in [7, 11) is 0. The summed E-state index contributed by atoms with van der Waals surface area (Å²) in [5, 5.41) is 11.5. The third kappa shape index (κ3) is 4.94. The van der Waals surface area contributed by atoms with E-state index < -0.39 is 0 Å². The molecule has 0 radical (unpaired) electrons. The van der Waals surface area contributed by atoms with Crippen LogP contribution in [0.4, 0.5) is 4.39 Å². The molecule has 108 valence electrons. The summed E-state index contributed by atoms with van der Waals surface area (Å²) in [4.78, 5) is 1.06. The second-order valence-corrected chi connectivity index (χ2v) is 5.98. The Bertz CT molecular complexity index is 524. The van der Waals surface area contributed by atoms with Gasteiger partial charge in [-0.15, -0.1) is 16.9 Å². The standard InChI is InChI=1S/C14H19FN4S/c1-11(2)16-9-13-10-19(18-17-13)7-8-20-14-5-3-12(15)4-6-14/h3-6,10-11,16H,7-9H2,1-2H3. The first-order valence-corrected chi connectivity index (χ1v) is 7.63. The molecule has 0 unspecified atom stereocenters. The maximum absolute atomic E-state index is 12.8. The molecule has 4 nitrogen and oxygen atoms in total. The van der Waals surface area contributed by atoms with Gasteiger partial charge < -0.3 is 5.32 Å². The molecule has 0 aliphatic rings. The van der Waals surface area contributed by atoms with E-state index in [1.807, 2.05) is 10.9 Å². The summed E-state index contributed by atoms with van der Waals surface area (Å²) < 4.78 is 14.6. The fraction of sp³-hybridized carbons (Fsp3) is 0.429. The van der Waals surface area contributed by atoms with Gasteiger partial charge in [0, 0.05) is 29.4 Å². The molecule has 0 atom stereocenters. The molecule has 1 heterocycles. The maximum Gasteiger partial charge on any atom is 0.123 e.